The van der Waals surface area contributed by atoms with E-state index in [2.05, 4.69) is 23.0 Å². The average molecular weight is 174 g/mol. The van der Waals surface area contributed by atoms with Gasteiger partial charge in [0.05, 0.1) is 12.7 Å². The predicted octanol–water partition coefficient (Wildman–Crippen LogP) is 1.50. The molecule has 0 N–H and O–H groups in total. The zero-order valence-corrected chi connectivity index (χ0v) is 6.89. The van der Waals surface area contributed by atoms with Gasteiger partial charge in [-0.2, -0.15) is 0 Å². The smallest absolute Gasteiger partial charge is 0.340 e. The van der Waals surface area contributed by atoms with Crippen LogP contribution in [-0.4, -0.2) is 19.8 Å². The molecule has 4 heteroatoms. The van der Waals surface area contributed by atoms with Crippen molar-refractivity contribution >= 4 is 24.3 Å². The fourth-order valence-electron chi connectivity index (χ4n) is 0.435. The maximum absolute atomic E-state index is 10.8. The third kappa shape index (κ3) is 3.00. The van der Waals surface area contributed by atoms with Crippen LogP contribution in [0.3, 0.4) is 0 Å². The minimum atomic E-state index is -0.572. The van der Waals surface area contributed by atoms with Crippen LogP contribution in [0.1, 0.15) is 0 Å². The summed E-state index contributed by atoms with van der Waals surface area (Å²) in [7, 11) is 1.25. The SMILES string of the molecule is C=N/C=C(\C(=C)Cl)C(=O)OC. The Hall–Kier alpha value is -1.09. The molecule has 0 saturated carbocycles. The lowest BCUT2D eigenvalue weighted by molar-refractivity contribution is -0.135. The number of halogens is 1. The largest absolute Gasteiger partial charge is 0.465 e. The molecule has 11 heavy (non-hydrogen) atoms. The fourth-order valence-corrected chi connectivity index (χ4v) is 0.561. The van der Waals surface area contributed by atoms with E-state index in [0.717, 1.165) is 0 Å². The second-order valence-electron chi connectivity index (χ2n) is 1.62. The van der Waals surface area contributed by atoms with Gasteiger partial charge in [-0.3, -0.25) is 4.99 Å². The lowest BCUT2D eigenvalue weighted by atomic mass is 10.3. The first-order valence-corrected chi connectivity index (χ1v) is 3.10. The van der Waals surface area contributed by atoms with Crippen molar-refractivity contribution in [3.05, 3.63) is 23.4 Å². The number of rotatable bonds is 3. The molecule has 60 valence electrons. The van der Waals surface area contributed by atoms with Crippen LogP contribution in [0.5, 0.6) is 0 Å². The molecule has 0 aromatic heterocycles. The molecule has 0 radical (unpaired) electrons. The second-order valence-corrected chi connectivity index (χ2v) is 2.08. The van der Waals surface area contributed by atoms with Crippen molar-refractivity contribution in [2.45, 2.75) is 0 Å². The molecule has 0 amide bonds. The number of ether oxygens (including phenoxy) is 1. The minimum Gasteiger partial charge on any atom is -0.465 e. The van der Waals surface area contributed by atoms with E-state index in [4.69, 9.17) is 11.6 Å². The Morgan fingerprint density at radius 1 is 1.73 bits per heavy atom. The summed E-state index contributed by atoms with van der Waals surface area (Å²) in [6.45, 7) is 6.52. The molecule has 0 aromatic carbocycles. The average Bonchev–Trinajstić information content (AvgIpc) is 1.98. The standard InChI is InChI=1S/C7H8ClNO2/c1-5(8)6(4-9-2)7(10)11-3/h4H,1-2H2,3H3/b6-4+. The van der Waals surface area contributed by atoms with Crippen LogP contribution in [-0.2, 0) is 9.53 Å². The van der Waals surface area contributed by atoms with Gasteiger partial charge in [0, 0.05) is 11.2 Å². The Balaban J connectivity index is 4.61. The number of nitrogens with zero attached hydrogens (tertiary/aromatic N) is 1. The molecule has 0 rings (SSSR count). The van der Waals surface area contributed by atoms with Gasteiger partial charge in [0.2, 0.25) is 0 Å². The highest BCUT2D eigenvalue weighted by Crippen LogP contribution is 2.13. The molecule has 0 aliphatic heterocycles. The maximum Gasteiger partial charge on any atom is 0.340 e. The molecule has 0 unspecified atom stereocenters. The van der Waals surface area contributed by atoms with E-state index in [1.54, 1.807) is 0 Å². The molecular formula is C7H8ClNO2. The second kappa shape index (κ2) is 4.68. The summed E-state index contributed by atoms with van der Waals surface area (Å²) in [5.74, 6) is -0.572. The summed E-state index contributed by atoms with van der Waals surface area (Å²) < 4.78 is 4.39. The Kier molecular flexibility index (Phi) is 4.22. The molecular weight excluding hydrogens is 166 g/mol. The van der Waals surface area contributed by atoms with Crippen LogP contribution in [0.25, 0.3) is 0 Å². The molecule has 0 atom stereocenters. The van der Waals surface area contributed by atoms with E-state index < -0.39 is 5.97 Å². The Morgan fingerprint density at radius 2 is 2.27 bits per heavy atom. The van der Waals surface area contributed by atoms with E-state index >= 15 is 0 Å². The van der Waals surface area contributed by atoms with Gasteiger partial charge in [0.1, 0.15) is 0 Å². The van der Waals surface area contributed by atoms with Gasteiger partial charge in [-0.15, -0.1) is 0 Å². The lowest BCUT2D eigenvalue weighted by Gasteiger charge is -1.99. The van der Waals surface area contributed by atoms with Crippen molar-refractivity contribution < 1.29 is 9.53 Å². The summed E-state index contributed by atoms with van der Waals surface area (Å²) in [5.41, 5.74) is 0.115. The maximum atomic E-state index is 10.8. The zero-order valence-electron chi connectivity index (χ0n) is 6.13. The van der Waals surface area contributed by atoms with E-state index in [9.17, 15) is 4.79 Å². The van der Waals surface area contributed by atoms with Crippen molar-refractivity contribution in [3.8, 4) is 0 Å². The van der Waals surface area contributed by atoms with Crippen molar-refractivity contribution in [2.75, 3.05) is 7.11 Å². The third-order valence-corrected chi connectivity index (χ3v) is 1.12. The van der Waals surface area contributed by atoms with Gasteiger partial charge >= 0.3 is 5.97 Å². The highest BCUT2D eigenvalue weighted by molar-refractivity contribution is 6.34. The van der Waals surface area contributed by atoms with E-state index in [-0.39, 0.29) is 10.6 Å². The van der Waals surface area contributed by atoms with Gasteiger partial charge in [-0.25, -0.2) is 4.79 Å². The Bertz CT molecular complexity index is 220. The summed E-state index contributed by atoms with van der Waals surface area (Å²) in [5, 5.41) is 0.0873. The summed E-state index contributed by atoms with van der Waals surface area (Å²) in [6.07, 6.45) is 1.20. The van der Waals surface area contributed by atoms with Crippen molar-refractivity contribution in [3.63, 3.8) is 0 Å². The highest BCUT2D eigenvalue weighted by Gasteiger charge is 2.10. The van der Waals surface area contributed by atoms with Gasteiger partial charge in [0.15, 0.2) is 0 Å². The molecule has 0 bridgehead atoms. The molecule has 0 aliphatic carbocycles. The summed E-state index contributed by atoms with van der Waals surface area (Å²) in [6, 6.07) is 0. The fraction of sp³-hybridized carbons (Fsp3) is 0.143. The van der Waals surface area contributed by atoms with Crippen molar-refractivity contribution in [1.29, 1.82) is 0 Å². The minimum absolute atomic E-state index is 0.0873. The quantitative estimate of drug-likeness (QED) is 0.281. The zero-order chi connectivity index (χ0) is 8.85. The molecule has 0 fully saturated rings. The molecule has 3 nitrogen and oxygen atoms in total. The third-order valence-electron chi connectivity index (χ3n) is 0.918. The van der Waals surface area contributed by atoms with Crippen molar-refractivity contribution in [2.24, 2.45) is 4.99 Å². The van der Waals surface area contributed by atoms with Crippen LogP contribution in [0.2, 0.25) is 0 Å². The predicted molar refractivity (Wildman–Crippen MR) is 44.6 cm³/mol. The lowest BCUT2D eigenvalue weighted by Crippen LogP contribution is -2.04. The monoisotopic (exact) mass is 173 g/mol. The number of hydrogen-bond acceptors (Lipinski definition) is 3. The van der Waals surface area contributed by atoms with Gasteiger partial charge in [0.25, 0.3) is 0 Å². The molecule has 0 aliphatic rings. The Labute approximate surface area is 70.0 Å². The number of esters is 1. The number of carbonyl (C=O) groups is 1. The number of hydrogen-bond donors (Lipinski definition) is 0. The topological polar surface area (TPSA) is 38.7 Å². The first-order valence-electron chi connectivity index (χ1n) is 2.72. The van der Waals surface area contributed by atoms with Crippen LogP contribution in [0, 0.1) is 0 Å². The Morgan fingerprint density at radius 3 is 2.55 bits per heavy atom. The normalized spacial score (nSPS) is 10.5. The first kappa shape index (κ1) is 9.91. The van der Waals surface area contributed by atoms with Gasteiger partial charge in [-0.05, 0) is 6.72 Å². The van der Waals surface area contributed by atoms with Crippen molar-refractivity contribution in [1.82, 2.24) is 0 Å². The highest BCUT2D eigenvalue weighted by atomic mass is 35.5. The summed E-state index contributed by atoms with van der Waals surface area (Å²) >= 11 is 5.44. The molecule has 0 spiro atoms. The van der Waals surface area contributed by atoms with Crippen LogP contribution in [0.4, 0.5) is 0 Å². The van der Waals surface area contributed by atoms with Crippen LogP contribution < -0.4 is 0 Å². The van der Waals surface area contributed by atoms with Crippen LogP contribution in [0.15, 0.2) is 28.4 Å². The molecule has 0 heterocycles. The molecule has 0 aromatic rings. The van der Waals surface area contributed by atoms with Crippen LogP contribution >= 0.6 is 11.6 Å². The first-order chi connectivity index (χ1) is 5.13. The number of methoxy groups -OCH3 is 1. The van der Waals surface area contributed by atoms with Gasteiger partial charge in [-0.1, -0.05) is 18.2 Å². The van der Waals surface area contributed by atoms with E-state index in [0.29, 0.717) is 0 Å². The summed E-state index contributed by atoms with van der Waals surface area (Å²) in [4.78, 5) is 14.2. The molecule has 0 saturated heterocycles. The van der Waals surface area contributed by atoms with Gasteiger partial charge < -0.3 is 4.74 Å². The van der Waals surface area contributed by atoms with E-state index in [1.165, 1.54) is 13.3 Å². The van der Waals surface area contributed by atoms with E-state index in [1.807, 2.05) is 0 Å². The number of aliphatic imine (C=N–C) groups is 1. The number of carbonyl (C=O) groups excluding carboxylic acids is 1.